The molecule has 0 atom stereocenters. The van der Waals surface area contributed by atoms with Crippen LogP contribution in [0.5, 0.6) is 0 Å². The molecule has 0 radical (unpaired) electrons. The molecule has 1 amide bonds. The van der Waals surface area contributed by atoms with Gasteiger partial charge in [-0.15, -0.1) is 0 Å². The lowest BCUT2D eigenvalue weighted by Crippen LogP contribution is -2.39. The van der Waals surface area contributed by atoms with E-state index in [2.05, 4.69) is 0 Å². The van der Waals surface area contributed by atoms with E-state index in [4.69, 9.17) is 16.9 Å². The van der Waals surface area contributed by atoms with E-state index < -0.39 is 28.7 Å². The Morgan fingerprint density at radius 2 is 1.73 bits per heavy atom. The predicted molar refractivity (Wildman–Crippen MR) is 116 cm³/mol. The number of amides is 1. The molecular formula is C22H21ClF3N3O3S. The van der Waals surface area contributed by atoms with Crippen molar-refractivity contribution in [2.75, 3.05) is 19.6 Å². The molecule has 33 heavy (non-hydrogen) atoms. The van der Waals surface area contributed by atoms with Gasteiger partial charge in [-0.25, -0.2) is 8.42 Å². The average Bonchev–Trinajstić information content (AvgIpc) is 2.78. The molecule has 0 saturated carbocycles. The first-order valence-electron chi connectivity index (χ1n) is 10.2. The second-order valence-electron chi connectivity index (χ2n) is 7.70. The van der Waals surface area contributed by atoms with E-state index in [-0.39, 0.29) is 22.0 Å². The van der Waals surface area contributed by atoms with E-state index >= 15 is 0 Å². The number of piperidine rings is 1. The zero-order valence-corrected chi connectivity index (χ0v) is 19.1. The van der Waals surface area contributed by atoms with Crippen LogP contribution in [0, 0.1) is 11.3 Å². The van der Waals surface area contributed by atoms with Gasteiger partial charge >= 0.3 is 6.18 Å². The Kier molecular flexibility index (Phi) is 7.67. The lowest BCUT2D eigenvalue weighted by atomic mass is 10.1. The summed E-state index contributed by atoms with van der Waals surface area (Å²) in [6, 6.07) is 11.2. The molecule has 0 unspecified atom stereocenters. The number of nitrogens with zero attached hydrogens (tertiary/aromatic N) is 3. The highest BCUT2D eigenvalue weighted by Gasteiger charge is 2.34. The van der Waals surface area contributed by atoms with E-state index in [1.54, 1.807) is 0 Å². The number of hydrogen-bond donors (Lipinski definition) is 0. The fourth-order valence-electron chi connectivity index (χ4n) is 3.58. The first-order valence-corrected chi connectivity index (χ1v) is 12.0. The van der Waals surface area contributed by atoms with E-state index in [9.17, 15) is 26.4 Å². The number of halogens is 4. The maximum absolute atomic E-state index is 13.2. The molecule has 2 aromatic carbocycles. The van der Waals surface area contributed by atoms with E-state index in [1.165, 1.54) is 40.7 Å². The van der Waals surface area contributed by atoms with Gasteiger partial charge in [0.25, 0.3) is 5.91 Å². The van der Waals surface area contributed by atoms with Crippen LogP contribution in [0.4, 0.5) is 13.2 Å². The molecule has 0 bridgehead atoms. The minimum Gasteiger partial charge on any atom is -0.325 e. The third kappa shape index (κ3) is 6.25. The number of nitriles is 1. The second kappa shape index (κ2) is 10.1. The van der Waals surface area contributed by atoms with Crippen LogP contribution >= 0.6 is 11.6 Å². The summed E-state index contributed by atoms with van der Waals surface area (Å²) < 4.78 is 67.0. The number of alkyl halides is 3. The van der Waals surface area contributed by atoms with Crippen molar-refractivity contribution in [2.45, 2.75) is 36.9 Å². The fourth-order valence-corrected chi connectivity index (χ4v) is 5.60. The molecule has 1 fully saturated rings. The zero-order valence-electron chi connectivity index (χ0n) is 17.5. The summed E-state index contributed by atoms with van der Waals surface area (Å²) in [6.45, 7) is -1.27. The molecule has 1 aliphatic heterocycles. The van der Waals surface area contributed by atoms with Gasteiger partial charge in [0, 0.05) is 25.2 Å². The van der Waals surface area contributed by atoms with Crippen LogP contribution in [0.25, 0.3) is 0 Å². The molecule has 0 aromatic heterocycles. The third-order valence-electron chi connectivity index (χ3n) is 5.22. The number of hydrogen-bond acceptors (Lipinski definition) is 4. The summed E-state index contributed by atoms with van der Waals surface area (Å²) in [5.41, 5.74) is 0.507. The smallest absolute Gasteiger partial charge is 0.325 e. The minimum atomic E-state index is -4.67. The van der Waals surface area contributed by atoms with Gasteiger partial charge < -0.3 is 4.90 Å². The molecule has 1 heterocycles. The van der Waals surface area contributed by atoms with Crippen LogP contribution in [0.2, 0.25) is 5.02 Å². The van der Waals surface area contributed by atoms with Crippen molar-refractivity contribution in [3.05, 3.63) is 64.2 Å². The molecule has 3 rings (SSSR count). The Balaban J connectivity index is 1.93. The molecule has 6 nitrogen and oxygen atoms in total. The monoisotopic (exact) mass is 499 g/mol. The van der Waals surface area contributed by atoms with Gasteiger partial charge in [-0.2, -0.15) is 22.7 Å². The van der Waals surface area contributed by atoms with Crippen molar-refractivity contribution < 1.29 is 26.4 Å². The van der Waals surface area contributed by atoms with Gasteiger partial charge in [-0.1, -0.05) is 30.2 Å². The molecular weight excluding hydrogens is 479 g/mol. The van der Waals surface area contributed by atoms with Crippen LogP contribution in [0.1, 0.15) is 40.7 Å². The minimum absolute atomic E-state index is 0.105. The van der Waals surface area contributed by atoms with Gasteiger partial charge in [0.2, 0.25) is 10.0 Å². The van der Waals surface area contributed by atoms with Crippen LogP contribution in [0.15, 0.2) is 47.4 Å². The normalized spacial score (nSPS) is 15.1. The summed E-state index contributed by atoms with van der Waals surface area (Å²) in [5, 5.41) is 8.78. The summed E-state index contributed by atoms with van der Waals surface area (Å²) in [5.74, 6) is -0.983. The van der Waals surface area contributed by atoms with Crippen LogP contribution in [0.3, 0.4) is 0 Å². The van der Waals surface area contributed by atoms with Gasteiger partial charge in [0.05, 0.1) is 16.7 Å². The Labute approximate surface area is 195 Å². The Morgan fingerprint density at radius 1 is 1.09 bits per heavy atom. The van der Waals surface area contributed by atoms with Crippen molar-refractivity contribution in [3.8, 4) is 6.07 Å². The van der Waals surface area contributed by atoms with Crippen molar-refractivity contribution in [2.24, 2.45) is 0 Å². The van der Waals surface area contributed by atoms with Crippen LogP contribution in [-0.2, 0) is 16.6 Å². The zero-order chi connectivity index (χ0) is 24.2. The molecule has 0 aliphatic carbocycles. The molecule has 0 N–H and O–H groups in total. The third-order valence-corrected chi connectivity index (χ3v) is 7.61. The standard InChI is InChI=1S/C22H21ClF3N3O3S/c23-19-9-8-18(12-20(19)33(31,32)29-10-2-1-3-11-29)21(30)28(15-22(24,25)26)14-17-6-4-16(13-27)5-7-17/h4-9,12H,1-3,10-11,14-15H2. The van der Waals surface area contributed by atoms with Crippen molar-refractivity contribution in [1.82, 2.24) is 9.21 Å². The van der Waals surface area contributed by atoms with E-state index in [1.807, 2.05) is 6.07 Å². The van der Waals surface area contributed by atoms with Crippen LogP contribution in [-0.4, -0.2) is 49.3 Å². The quantitative estimate of drug-likeness (QED) is 0.582. The number of carbonyl (C=O) groups excluding carboxylic acids is 1. The van der Waals surface area contributed by atoms with Crippen molar-refractivity contribution in [3.63, 3.8) is 0 Å². The Hall–Kier alpha value is -2.61. The highest BCUT2D eigenvalue weighted by Crippen LogP contribution is 2.29. The number of benzene rings is 2. The topological polar surface area (TPSA) is 81.5 Å². The predicted octanol–water partition coefficient (Wildman–Crippen LogP) is 4.59. The number of rotatable bonds is 6. The molecule has 176 valence electrons. The average molecular weight is 500 g/mol. The fraction of sp³-hybridized carbons (Fsp3) is 0.364. The Bertz CT molecular complexity index is 1160. The lowest BCUT2D eigenvalue weighted by molar-refractivity contribution is -0.141. The molecule has 2 aromatic rings. The van der Waals surface area contributed by atoms with Crippen LogP contribution < -0.4 is 0 Å². The lowest BCUT2D eigenvalue weighted by Gasteiger charge is -2.27. The molecule has 11 heteroatoms. The first-order chi connectivity index (χ1) is 15.5. The summed E-state index contributed by atoms with van der Waals surface area (Å²) in [6.07, 6.45) is -2.38. The molecule has 1 saturated heterocycles. The second-order valence-corrected chi connectivity index (χ2v) is 10.0. The van der Waals surface area contributed by atoms with Gasteiger partial charge in [-0.05, 0) is 48.7 Å². The summed E-state index contributed by atoms with van der Waals surface area (Å²) in [4.78, 5) is 13.3. The Morgan fingerprint density at radius 3 is 2.30 bits per heavy atom. The van der Waals surface area contributed by atoms with Gasteiger partial charge in [0.1, 0.15) is 11.4 Å². The maximum atomic E-state index is 13.2. The number of sulfonamides is 1. The van der Waals surface area contributed by atoms with Gasteiger partial charge in [-0.3, -0.25) is 4.79 Å². The highest BCUT2D eigenvalue weighted by molar-refractivity contribution is 7.89. The van der Waals surface area contributed by atoms with E-state index in [0.717, 1.165) is 12.5 Å². The largest absolute Gasteiger partial charge is 0.406 e. The van der Waals surface area contributed by atoms with Gasteiger partial charge in [0.15, 0.2) is 0 Å². The van der Waals surface area contributed by atoms with E-state index in [0.29, 0.717) is 42.0 Å². The summed E-state index contributed by atoms with van der Waals surface area (Å²) in [7, 11) is -4.00. The highest BCUT2D eigenvalue weighted by atomic mass is 35.5. The summed E-state index contributed by atoms with van der Waals surface area (Å²) >= 11 is 6.11. The molecule has 0 spiro atoms. The SMILES string of the molecule is N#Cc1ccc(CN(CC(F)(F)F)C(=O)c2ccc(Cl)c(S(=O)(=O)N3CCCCC3)c2)cc1. The first kappa shape index (κ1) is 25.0. The number of carbonyl (C=O) groups is 1. The molecule has 1 aliphatic rings. The maximum Gasteiger partial charge on any atom is 0.406 e. The van der Waals surface area contributed by atoms with Crippen molar-refractivity contribution in [1.29, 1.82) is 5.26 Å². The van der Waals surface area contributed by atoms with Crippen molar-refractivity contribution >= 4 is 27.5 Å².